The van der Waals surface area contributed by atoms with E-state index in [1.807, 2.05) is 31.3 Å². The molecule has 112 valence electrons. The smallest absolute Gasteiger partial charge is 0.122 e. The molecule has 2 aromatic carbocycles. The molecular weight excluding hydrogens is 373 g/mol. The Hall–Kier alpha value is -0.740. The maximum Gasteiger partial charge on any atom is 0.122 e. The van der Waals surface area contributed by atoms with Gasteiger partial charge >= 0.3 is 0 Å². The molecule has 0 aliphatic carbocycles. The van der Waals surface area contributed by atoms with Gasteiger partial charge < -0.3 is 10.1 Å². The van der Waals surface area contributed by atoms with Crippen molar-refractivity contribution >= 4 is 39.1 Å². The van der Waals surface area contributed by atoms with Crippen LogP contribution in [0.3, 0.4) is 0 Å². The summed E-state index contributed by atoms with van der Waals surface area (Å²) in [5, 5.41) is 4.58. The molecule has 0 aromatic heterocycles. The number of methoxy groups -OCH3 is 1. The number of rotatable bonds is 5. The summed E-state index contributed by atoms with van der Waals surface area (Å²) in [4.78, 5) is 0. The molecule has 0 saturated heterocycles. The average molecular weight is 389 g/mol. The molecule has 1 unspecified atom stereocenters. The van der Waals surface area contributed by atoms with Crippen molar-refractivity contribution in [2.45, 2.75) is 12.5 Å². The van der Waals surface area contributed by atoms with Crippen LogP contribution in [0.15, 0.2) is 40.9 Å². The minimum absolute atomic E-state index is 0.101. The summed E-state index contributed by atoms with van der Waals surface area (Å²) >= 11 is 15.7. The molecule has 0 bridgehead atoms. The van der Waals surface area contributed by atoms with Crippen LogP contribution in [0, 0.1) is 0 Å². The first-order valence-electron chi connectivity index (χ1n) is 6.49. The zero-order valence-corrected chi connectivity index (χ0v) is 14.9. The maximum atomic E-state index is 6.09. The fourth-order valence-electron chi connectivity index (χ4n) is 2.29. The Labute approximate surface area is 143 Å². The van der Waals surface area contributed by atoms with E-state index in [1.165, 1.54) is 0 Å². The molecule has 0 aliphatic heterocycles. The molecule has 0 aliphatic rings. The van der Waals surface area contributed by atoms with Gasteiger partial charge in [-0.05, 0) is 61.0 Å². The van der Waals surface area contributed by atoms with Gasteiger partial charge in [0.05, 0.1) is 7.11 Å². The molecule has 2 aromatic rings. The van der Waals surface area contributed by atoms with Crippen LogP contribution >= 0.6 is 39.1 Å². The van der Waals surface area contributed by atoms with Crippen LogP contribution in [0.1, 0.15) is 17.2 Å². The fraction of sp³-hybridized carbons (Fsp3) is 0.250. The van der Waals surface area contributed by atoms with E-state index < -0.39 is 0 Å². The van der Waals surface area contributed by atoms with Gasteiger partial charge in [-0.15, -0.1) is 0 Å². The lowest BCUT2D eigenvalue weighted by molar-refractivity contribution is 0.406. The van der Waals surface area contributed by atoms with Crippen molar-refractivity contribution in [3.05, 3.63) is 62.0 Å². The highest BCUT2D eigenvalue weighted by Gasteiger charge is 2.15. The van der Waals surface area contributed by atoms with Crippen LogP contribution in [0.4, 0.5) is 0 Å². The zero-order valence-electron chi connectivity index (χ0n) is 11.8. The summed E-state index contributed by atoms with van der Waals surface area (Å²) in [5.41, 5.74) is 2.17. The Bertz CT molecular complexity index is 613. The van der Waals surface area contributed by atoms with Crippen molar-refractivity contribution in [3.63, 3.8) is 0 Å². The van der Waals surface area contributed by atoms with E-state index in [-0.39, 0.29) is 6.04 Å². The van der Waals surface area contributed by atoms with Gasteiger partial charge in [-0.2, -0.15) is 0 Å². The van der Waals surface area contributed by atoms with Crippen molar-refractivity contribution in [3.8, 4) is 5.75 Å². The third kappa shape index (κ3) is 4.36. The molecule has 0 spiro atoms. The lowest BCUT2D eigenvalue weighted by atomic mass is 9.98. The summed E-state index contributed by atoms with van der Waals surface area (Å²) in [5.74, 6) is 0.867. The van der Waals surface area contributed by atoms with Crippen LogP contribution < -0.4 is 10.1 Å². The Balaban J connectivity index is 2.32. The van der Waals surface area contributed by atoms with Crippen molar-refractivity contribution in [2.24, 2.45) is 0 Å². The molecule has 0 radical (unpaired) electrons. The molecule has 0 fully saturated rings. The van der Waals surface area contributed by atoms with E-state index in [2.05, 4.69) is 27.3 Å². The van der Waals surface area contributed by atoms with Crippen LogP contribution in [0.25, 0.3) is 0 Å². The van der Waals surface area contributed by atoms with E-state index >= 15 is 0 Å². The van der Waals surface area contributed by atoms with Gasteiger partial charge in [0.1, 0.15) is 5.75 Å². The van der Waals surface area contributed by atoms with E-state index in [0.717, 1.165) is 27.8 Å². The van der Waals surface area contributed by atoms with Crippen LogP contribution in [0.5, 0.6) is 5.75 Å². The predicted molar refractivity (Wildman–Crippen MR) is 92.7 cm³/mol. The Kier molecular flexibility index (Phi) is 5.94. The first-order chi connectivity index (χ1) is 10.0. The van der Waals surface area contributed by atoms with Crippen molar-refractivity contribution in [1.82, 2.24) is 5.32 Å². The van der Waals surface area contributed by atoms with Crippen molar-refractivity contribution in [1.29, 1.82) is 0 Å². The molecular formula is C16H16BrCl2NO. The predicted octanol–water partition coefficient (Wildman–Crippen LogP) is 5.27. The summed E-state index contributed by atoms with van der Waals surface area (Å²) in [6, 6.07) is 11.7. The maximum absolute atomic E-state index is 6.09. The molecule has 0 saturated carbocycles. The highest BCUT2D eigenvalue weighted by Crippen LogP contribution is 2.30. The summed E-state index contributed by atoms with van der Waals surface area (Å²) in [6.45, 7) is 0. The van der Waals surface area contributed by atoms with Gasteiger partial charge in [0.15, 0.2) is 0 Å². The first kappa shape index (κ1) is 16.6. The fourth-order valence-corrected chi connectivity index (χ4v) is 3.24. The second-order valence-electron chi connectivity index (χ2n) is 4.70. The molecule has 1 atom stereocenters. The van der Waals surface area contributed by atoms with Gasteiger partial charge in [-0.25, -0.2) is 0 Å². The summed E-state index contributed by atoms with van der Waals surface area (Å²) in [7, 11) is 3.60. The number of hydrogen-bond acceptors (Lipinski definition) is 2. The quantitative estimate of drug-likeness (QED) is 0.753. The van der Waals surface area contributed by atoms with Gasteiger partial charge in [0.2, 0.25) is 0 Å². The van der Waals surface area contributed by atoms with Gasteiger partial charge in [0, 0.05) is 20.6 Å². The topological polar surface area (TPSA) is 21.3 Å². The molecule has 0 amide bonds. The average Bonchev–Trinajstić information content (AvgIpc) is 2.43. The monoisotopic (exact) mass is 387 g/mol. The number of hydrogen-bond donors (Lipinski definition) is 1. The van der Waals surface area contributed by atoms with Gasteiger partial charge in [-0.1, -0.05) is 39.1 Å². The SMILES string of the molecule is CNC(Cc1cc(Br)ccc1OC)c1cc(Cl)cc(Cl)c1. The Morgan fingerprint density at radius 3 is 2.38 bits per heavy atom. The third-order valence-electron chi connectivity index (χ3n) is 3.30. The lowest BCUT2D eigenvalue weighted by Crippen LogP contribution is -2.19. The summed E-state index contributed by atoms with van der Waals surface area (Å²) in [6.07, 6.45) is 0.774. The highest BCUT2D eigenvalue weighted by molar-refractivity contribution is 9.10. The third-order valence-corrected chi connectivity index (χ3v) is 4.23. The lowest BCUT2D eigenvalue weighted by Gasteiger charge is -2.19. The number of halogens is 3. The van der Waals surface area contributed by atoms with Gasteiger partial charge in [0.25, 0.3) is 0 Å². The van der Waals surface area contributed by atoms with Crippen LogP contribution in [0.2, 0.25) is 10.0 Å². The zero-order chi connectivity index (χ0) is 15.4. The van der Waals surface area contributed by atoms with Crippen molar-refractivity contribution in [2.75, 3.05) is 14.2 Å². The summed E-state index contributed by atoms with van der Waals surface area (Å²) < 4.78 is 6.45. The van der Waals surface area contributed by atoms with Crippen molar-refractivity contribution < 1.29 is 4.74 Å². The minimum atomic E-state index is 0.101. The minimum Gasteiger partial charge on any atom is -0.496 e. The largest absolute Gasteiger partial charge is 0.496 e. The number of likely N-dealkylation sites (N-methyl/N-ethyl adjacent to an activating group) is 1. The molecule has 21 heavy (non-hydrogen) atoms. The van der Waals surface area contributed by atoms with Crippen LogP contribution in [-0.4, -0.2) is 14.2 Å². The Morgan fingerprint density at radius 1 is 1.14 bits per heavy atom. The first-order valence-corrected chi connectivity index (χ1v) is 8.04. The van der Waals surface area contributed by atoms with E-state index in [1.54, 1.807) is 13.2 Å². The molecule has 5 heteroatoms. The molecule has 1 N–H and O–H groups in total. The normalized spacial score (nSPS) is 12.2. The Morgan fingerprint density at radius 2 is 1.81 bits per heavy atom. The second kappa shape index (κ2) is 7.50. The molecule has 2 nitrogen and oxygen atoms in total. The highest BCUT2D eigenvalue weighted by atomic mass is 79.9. The molecule has 0 heterocycles. The molecule has 2 rings (SSSR count). The number of ether oxygens (including phenoxy) is 1. The number of benzene rings is 2. The number of nitrogens with one attached hydrogen (secondary N) is 1. The second-order valence-corrected chi connectivity index (χ2v) is 6.49. The standard InChI is InChI=1S/C16H16BrCl2NO/c1-20-15(10-6-13(18)9-14(19)7-10)8-11-5-12(17)3-4-16(11)21-2/h3-7,9,15,20H,8H2,1-2H3. The van der Waals surface area contributed by atoms with E-state index in [9.17, 15) is 0 Å². The van der Waals surface area contributed by atoms with Crippen LogP contribution in [-0.2, 0) is 6.42 Å². The van der Waals surface area contributed by atoms with E-state index in [4.69, 9.17) is 27.9 Å². The van der Waals surface area contributed by atoms with E-state index in [0.29, 0.717) is 10.0 Å². The van der Waals surface area contributed by atoms with Gasteiger partial charge in [-0.3, -0.25) is 0 Å².